The maximum absolute atomic E-state index is 11.0. The van der Waals surface area contributed by atoms with Crippen LogP contribution in [-0.4, -0.2) is 18.2 Å². The lowest BCUT2D eigenvalue weighted by molar-refractivity contribution is -0.132. The Bertz CT molecular complexity index is 517. The van der Waals surface area contributed by atoms with Crippen LogP contribution in [0.15, 0.2) is 24.3 Å². The normalized spacial score (nSPS) is 10.2. The maximum Gasteiger partial charge on any atom is 0.308 e. The van der Waals surface area contributed by atoms with Gasteiger partial charge in [-0.25, -0.2) is 0 Å². The molecule has 0 aliphatic heterocycles. The number of rotatable bonds is 6. The van der Waals surface area contributed by atoms with E-state index in [1.165, 1.54) is 19.9 Å². The van der Waals surface area contributed by atoms with E-state index in [0.29, 0.717) is 23.3 Å². The van der Waals surface area contributed by atoms with Gasteiger partial charge in [-0.3, -0.25) is 14.4 Å². The largest absolute Gasteiger partial charge is 0.463 e. The summed E-state index contributed by atoms with van der Waals surface area (Å²) in [5, 5.41) is 0. The molecule has 0 N–H and O–H groups in total. The average Bonchev–Trinajstić information content (AvgIpc) is 2.34. The van der Waals surface area contributed by atoms with Crippen LogP contribution in [0.25, 0.3) is 6.08 Å². The minimum absolute atomic E-state index is 0.0167. The molecule has 19 heavy (non-hydrogen) atoms. The van der Waals surface area contributed by atoms with Gasteiger partial charge in [0.15, 0.2) is 5.78 Å². The summed E-state index contributed by atoms with van der Waals surface area (Å²) in [6.45, 7) is 3.06. The molecule has 0 amide bonds. The molecule has 0 saturated heterocycles. The van der Waals surface area contributed by atoms with E-state index < -0.39 is 5.97 Å². The predicted molar refractivity (Wildman–Crippen MR) is 68.3 cm³/mol. The molecule has 100 valence electrons. The molecule has 0 saturated carbocycles. The topological polar surface area (TPSA) is 69.7 Å². The number of hydrogen-bond acceptors (Lipinski definition) is 5. The Morgan fingerprint density at radius 3 is 2.58 bits per heavy atom. The molecule has 0 aliphatic carbocycles. The fourth-order valence-electron chi connectivity index (χ4n) is 1.38. The third-order valence-electron chi connectivity index (χ3n) is 2.16. The Labute approximate surface area is 110 Å². The molecule has 1 aromatic rings. The lowest BCUT2D eigenvalue weighted by Gasteiger charge is -2.09. The van der Waals surface area contributed by atoms with Gasteiger partial charge in [-0.15, -0.1) is 0 Å². The third-order valence-corrected chi connectivity index (χ3v) is 2.16. The SMILES string of the molecule is CC(=O)/C=C/c1ccc(COC=O)c(OC(C)=O)c1. The summed E-state index contributed by atoms with van der Waals surface area (Å²) >= 11 is 0. The smallest absolute Gasteiger partial charge is 0.308 e. The van der Waals surface area contributed by atoms with Crippen LogP contribution >= 0.6 is 0 Å². The van der Waals surface area contributed by atoms with Gasteiger partial charge in [-0.2, -0.15) is 0 Å². The van der Waals surface area contributed by atoms with Crippen LogP contribution in [0.4, 0.5) is 0 Å². The van der Waals surface area contributed by atoms with Gasteiger partial charge in [0.05, 0.1) is 0 Å². The monoisotopic (exact) mass is 262 g/mol. The van der Waals surface area contributed by atoms with Crippen molar-refractivity contribution in [1.82, 2.24) is 0 Å². The second-order valence-electron chi connectivity index (χ2n) is 3.81. The van der Waals surface area contributed by atoms with Crippen molar-refractivity contribution in [3.05, 3.63) is 35.4 Å². The van der Waals surface area contributed by atoms with Gasteiger partial charge in [0, 0.05) is 12.5 Å². The first-order chi connectivity index (χ1) is 9.02. The van der Waals surface area contributed by atoms with Crippen LogP contribution in [0.2, 0.25) is 0 Å². The van der Waals surface area contributed by atoms with Crippen molar-refractivity contribution < 1.29 is 23.9 Å². The molecule has 0 unspecified atom stereocenters. The Kier molecular flexibility index (Phi) is 5.47. The zero-order chi connectivity index (χ0) is 14.3. The highest BCUT2D eigenvalue weighted by Crippen LogP contribution is 2.22. The van der Waals surface area contributed by atoms with E-state index in [0.717, 1.165) is 0 Å². The van der Waals surface area contributed by atoms with Gasteiger partial charge in [0.25, 0.3) is 6.47 Å². The van der Waals surface area contributed by atoms with Gasteiger partial charge >= 0.3 is 5.97 Å². The fourth-order valence-corrected chi connectivity index (χ4v) is 1.38. The molecule has 0 fully saturated rings. The molecule has 0 radical (unpaired) electrons. The van der Waals surface area contributed by atoms with E-state index in [-0.39, 0.29) is 12.4 Å². The van der Waals surface area contributed by atoms with Gasteiger partial charge in [0.2, 0.25) is 0 Å². The van der Waals surface area contributed by atoms with E-state index in [1.54, 1.807) is 24.3 Å². The van der Waals surface area contributed by atoms with Gasteiger partial charge in [-0.05, 0) is 24.6 Å². The van der Waals surface area contributed by atoms with E-state index in [1.807, 2.05) is 0 Å². The van der Waals surface area contributed by atoms with Crippen molar-refractivity contribution in [3.8, 4) is 5.75 Å². The standard InChI is InChI=1S/C14H14O5/c1-10(16)3-4-12-5-6-13(8-18-9-15)14(7-12)19-11(2)17/h3-7,9H,8H2,1-2H3/b4-3+. The summed E-state index contributed by atoms with van der Waals surface area (Å²) in [5.74, 6) is -0.248. The summed E-state index contributed by atoms with van der Waals surface area (Å²) in [5.41, 5.74) is 1.28. The molecule has 1 rings (SSSR count). The summed E-state index contributed by atoms with van der Waals surface area (Å²) < 4.78 is 9.67. The first kappa shape index (κ1) is 14.6. The molecule has 0 aromatic heterocycles. The van der Waals surface area contributed by atoms with Crippen molar-refractivity contribution in [2.75, 3.05) is 0 Å². The molecule has 0 atom stereocenters. The lowest BCUT2D eigenvalue weighted by Crippen LogP contribution is -2.05. The third kappa shape index (κ3) is 5.16. The van der Waals surface area contributed by atoms with E-state index >= 15 is 0 Å². The summed E-state index contributed by atoms with van der Waals surface area (Å²) in [6.07, 6.45) is 3.02. The number of esters is 1. The van der Waals surface area contributed by atoms with Crippen LogP contribution in [0, 0.1) is 0 Å². The molecule has 5 heteroatoms. The van der Waals surface area contributed by atoms with Crippen molar-refractivity contribution in [2.45, 2.75) is 20.5 Å². The van der Waals surface area contributed by atoms with E-state index in [2.05, 4.69) is 4.74 Å². The summed E-state index contributed by atoms with van der Waals surface area (Å²) in [6, 6.07) is 5.00. The molecule has 0 bridgehead atoms. The first-order valence-corrected chi connectivity index (χ1v) is 5.58. The molecule has 1 aromatic carbocycles. The molecule has 0 aliphatic rings. The molecular weight excluding hydrogens is 248 g/mol. The summed E-state index contributed by atoms with van der Waals surface area (Å²) in [7, 11) is 0. The number of ketones is 1. The summed E-state index contributed by atoms with van der Waals surface area (Å²) in [4.78, 5) is 32.0. The van der Waals surface area contributed by atoms with Crippen LogP contribution in [0.5, 0.6) is 5.75 Å². The molecular formula is C14H14O5. The van der Waals surface area contributed by atoms with Crippen LogP contribution < -0.4 is 4.74 Å². The van der Waals surface area contributed by atoms with Crippen molar-refractivity contribution in [1.29, 1.82) is 0 Å². The first-order valence-electron chi connectivity index (χ1n) is 5.58. The Morgan fingerprint density at radius 1 is 1.26 bits per heavy atom. The molecule has 0 heterocycles. The zero-order valence-electron chi connectivity index (χ0n) is 10.7. The van der Waals surface area contributed by atoms with E-state index in [9.17, 15) is 14.4 Å². The molecule has 5 nitrogen and oxygen atoms in total. The fraction of sp³-hybridized carbons (Fsp3) is 0.214. The minimum atomic E-state index is -0.472. The van der Waals surface area contributed by atoms with Crippen LogP contribution in [0.3, 0.4) is 0 Å². The van der Waals surface area contributed by atoms with Crippen LogP contribution in [-0.2, 0) is 25.7 Å². The number of carbonyl (C=O) groups excluding carboxylic acids is 3. The minimum Gasteiger partial charge on any atom is -0.463 e. The zero-order valence-corrected chi connectivity index (χ0v) is 10.7. The second-order valence-corrected chi connectivity index (χ2v) is 3.81. The van der Waals surface area contributed by atoms with Gasteiger partial charge < -0.3 is 9.47 Å². The van der Waals surface area contributed by atoms with Gasteiger partial charge in [0.1, 0.15) is 12.4 Å². The van der Waals surface area contributed by atoms with Crippen molar-refractivity contribution in [3.63, 3.8) is 0 Å². The number of allylic oxidation sites excluding steroid dienone is 1. The Hall–Kier alpha value is -2.43. The average molecular weight is 262 g/mol. The van der Waals surface area contributed by atoms with Gasteiger partial charge in [-0.1, -0.05) is 18.2 Å². The van der Waals surface area contributed by atoms with Crippen molar-refractivity contribution in [2.24, 2.45) is 0 Å². The number of benzene rings is 1. The molecule has 0 spiro atoms. The van der Waals surface area contributed by atoms with Crippen molar-refractivity contribution >= 4 is 24.3 Å². The highest BCUT2D eigenvalue weighted by Gasteiger charge is 2.07. The van der Waals surface area contributed by atoms with E-state index in [4.69, 9.17) is 4.74 Å². The number of hydrogen-bond donors (Lipinski definition) is 0. The lowest BCUT2D eigenvalue weighted by atomic mass is 10.1. The number of carbonyl (C=O) groups is 3. The number of ether oxygens (including phenoxy) is 2. The second kappa shape index (κ2) is 7.10. The quantitative estimate of drug-likeness (QED) is 0.339. The maximum atomic E-state index is 11.0. The highest BCUT2D eigenvalue weighted by molar-refractivity contribution is 5.91. The Morgan fingerprint density at radius 2 is 2.00 bits per heavy atom. The highest BCUT2D eigenvalue weighted by atomic mass is 16.5. The van der Waals surface area contributed by atoms with Crippen LogP contribution in [0.1, 0.15) is 25.0 Å². The predicted octanol–water partition coefficient (Wildman–Crippen LogP) is 1.89. The Balaban J connectivity index is 3.02.